The molecule has 0 atom stereocenters. The fourth-order valence-corrected chi connectivity index (χ4v) is 2.27. The van der Waals surface area contributed by atoms with Gasteiger partial charge in [-0.3, -0.25) is 4.68 Å². The van der Waals surface area contributed by atoms with Gasteiger partial charge in [0.1, 0.15) is 16.2 Å². The van der Waals surface area contributed by atoms with E-state index in [4.69, 9.17) is 0 Å². The van der Waals surface area contributed by atoms with Gasteiger partial charge >= 0.3 is 0 Å². The number of benzene rings is 1. The summed E-state index contributed by atoms with van der Waals surface area (Å²) in [6.07, 6.45) is 2.77. The van der Waals surface area contributed by atoms with Crippen molar-refractivity contribution in [2.75, 3.05) is 12.0 Å². The van der Waals surface area contributed by atoms with Crippen molar-refractivity contribution in [3.8, 4) is 11.4 Å². The van der Waals surface area contributed by atoms with Crippen molar-refractivity contribution in [3.05, 3.63) is 34.2 Å². The summed E-state index contributed by atoms with van der Waals surface area (Å²) in [5.41, 5.74) is 0.925. The zero-order valence-electron chi connectivity index (χ0n) is 9.75. The molecule has 2 aromatic rings. The van der Waals surface area contributed by atoms with Crippen molar-refractivity contribution in [2.45, 2.75) is 6.54 Å². The summed E-state index contributed by atoms with van der Waals surface area (Å²) >= 11 is 2.23. The van der Waals surface area contributed by atoms with Crippen LogP contribution < -0.4 is 0 Å². The molecule has 0 aliphatic rings. The van der Waals surface area contributed by atoms with Crippen LogP contribution in [0.3, 0.4) is 0 Å². The second kappa shape index (κ2) is 5.35. The molecule has 18 heavy (non-hydrogen) atoms. The molecule has 5 nitrogen and oxygen atoms in total. The maximum Gasteiger partial charge on any atom is 0.181 e. The first-order valence-electron chi connectivity index (χ1n) is 5.27. The van der Waals surface area contributed by atoms with Crippen LogP contribution in [-0.2, 0) is 16.4 Å². The van der Waals surface area contributed by atoms with Gasteiger partial charge in [-0.15, -0.1) is 0 Å². The zero-order valence-corrected chi connectivity index (χ0v) is 12.7. The molecule has 0 radical (unpaired) electrons. The van der Waals surface area contributed by atoms with Crippen molar-refractivity contribution in [1.82, 2.24) is 14.8 Å². The Morgan fingerprint density at radius 2 is 1.94 bits per heavy atom. The largest absolute Gasteiger partial charge is 0.251 e. The molecule has 2 rings (SSSR count). The van der Waals surface area contributed by atoms with E-state index in [0.29, 0.717) is 12.4 Å². The van der Waals surface area contributed by atoms with Gasteiger partial charge in [-0.2, -0.15) is 5.10 Å². The van der Waals surface area contributed by atoms with E-state index in [-0.39, 0.29) is 5.75 Å². The normalized spacial score (nSPS) is 11.7. The molecule has 0 saturated carbocycles. The summed E-state index contributed by atoms with van der Waals surface area (Å²) in [5.74, 6) is 0.683. The number of hydrogen-bond acceptors (Lipinski definition) is 4. The van der Waals surface area contributed by atoms with Crippen LogP contribution in [0, 0.1) is 3.57 Å². The molecule has 0 aliphatic heterocycles. The fraction of sp³-hybridized carbons (Fsp3) is 0.273. The predicted molar refractivity (Wildman–Crippen MR) is 77.9 cm³/mol. The van der Waals surface area contributed by atoms with E-state index >= 15 is 0 Å². The highest BCUT2D eigenvalue weighted by Gasteiger charge is 2.06. The fourth-order valence-electron chi connectivity index (χ4n) is 1.39. The van der Waals surface area contributed by atoms with Crippen LogP contribution in [0.5, 0.6) is 0 Å². The molecule has 1 heterocycles. The Bertz CT molecular complexity index is 635. The molecule has 1 aromatic heterocycles. The van der Waals surface area contributed by atoms with Crippen LogP contribution in [0.1, 0.15) is 0 Å². The third-order valence-corrected chi connectivity index (χ3v) is 3.97. The highest BCUT2D eigenvalue weighted by molar-refractivity contribution is 14.1. The lowest BCUT2D eigenvalue weighted by molar-refractivity contribution is 0.586. The number of halogens is 1. The van der Waals surface area contributed by atoms with E-state index in [2.05, 4.69) is 32.7 Å². The van der Waals surface area contributed by atoms with E-state index in [1.807, 2.05) is 24.3 Å². The quantitative estimate of drug-likeness (QED) is 0.760. The average Bonchev–Trinajstić information content (AvgIpc) is 2.75. The van der Waals surface area contributed by atoms with E-state index in [9.17, 15) is 8.42 Å². The first-order valence-corrected chi connectivity index (χ1v) is 8.41. The van der Waals surface area contributed by atoms with Gasteiger partial charge in [-0.1, -0.05) is 12.1 Å². The van der Waals surface area contributed by atoms with Gasteiger partial charge in [0.2, 0.25) is 0 Å². The molecule has 0 unspecified atom stereocenters. The lowest BCUT2D eigenvalue weighted by Crippen LogP contribution is -2.11. The molecule has 0 aliphatic carbocycles. The van der Waals surface area contributed by atoms with E-state index in [1.54, 1.807) is 11.0 Å². The minimum atomic E-state index is -2.97. The monoisotopic (exact) mass is 377 g/mol. The molecule has 0 spiro atoms. The number of aryl methyl sites for hydroxylation is 1. The third kappa shape index (κ3) is 3.77. The standard InChI is InChI=1S/C11H12IN3O2S/c1-18(16,17)7-6-15-8-13-11(14-15)9-2-4-10(12)5-3-9/h2-5,8H,6-7H2,1H3. The summed E-state index contributed by atoms with van der Waals surface area (Å²) in [7, 11) is -2.97. The Hall–Kier alpha value is -0.960. The number of nitrogens with zero attached hydrogens (tertiary/aromatic N) is 3. The van der Waals surface area contributed by atoms with Crippen LogP contribution >= 0.6 is 22.6 Å². The van der Waals surface area contributed by atoms with Gasteiger partial charge in [-0.25, -0.2) is 13.4 Å². The van der Waals surface area contributed by atoms with E-state index in [1.165, 1.54) is 6.26 Å². The van der Waals surface area contributed by atoms with Crippen molar-refractivity contribution < 1.29 is 8.42 Å². The molecule has 0 saturated heterocycles. The van der Waals surface area contributed by atoms with Crippen LogP contribution in [0.15, 0.2) is 30.6 Å². The van der Waals surface area contributed by atoms with Crippen molar-refractivity contribution in [2.24, 2.45) is 0 Å². The van der Waals surface area contributed by atoms with Crippen LogP contribution in [0.2, 0.25) is 0 Å². The average molecular weight is 377 g/mol. The van der Waals surface area contributed by atoms with Gasteiger partial charge < -0.3 is 0 Å². The number of rotatable bonds is 4. The lowest BCUT2D eigenvalue weighted by Gasteiger charge is -1.98. The summed E-state index contributed by atoms with van der Waals surface area (Å²) in [5, 5.41) is 4.25. The van der Waals surface area contributed by atoms with Gasteiger partial charge in [-0.05, 0) is 34.7 Å². The Labute approximate surface area is 119 Å². The van der Waals surface area contributed by atoms with Crippen molar-refractivity contribution in [1.29, 1.82) is 0 Å². The van der Waals surface area contributed by atoms with E-state index in [0.717, 1.165) is 9.13 Å². The maximum atomic E-state index is 11.1. The Kier molecular flexibility index (Phi) is 4.00. The van der Waals surface area contributed by atoms with Gasteiger partial charge in [0.05, 0.1) is 12.3 Å². The molecule has 0 amide bonds. The minimum Gasteiger partial charge on any atom is -0.251 e. The lowest BCUT2D eigenvalue weighted by atomic mass is 10.2. The zero-order chi connectivity index (χ0) is 13.2. The molecule has 0 fully saturated rings. The summed E-state index contributed by atoms with van der Waals surface area (Å²) in [6, 6.07) is 7.84. The van der Waals surface area contributed by atoms with E-state index < -0.39 is 9.84 Å². The van der Waals surface area contributed by atoms with Gasteiger partial charge in [0.25, 0.3) is 0 Å². The second-order valence-electron chi connectivity index (χ2n) is 3.97. The first-order chi connectivity index (χ1) is 8.44. The molecule has 96 valence electrons. The molecular weight excluding hydrogens is 365 g/mol. The van der Waals surface area contributed by atoms with Crippen LogP contribution in [0.4, 0.5) is 0 Å². The van der Waals surface area contributed by atoms with Gasteiger partial charge in [0, 0.05) is 15.4 Å². The predicted octanol–water partition coefficient (Wildman–Crippen LogP) is 1.59. The molecule has 0 bridgehead atoms. The highest BCUT2D eigenvalue weighted by Crippen LogP contribution is 2.15. The molecule has 1 aromatic carbocycles. The smallest absolute Gasteiger partial charge is 0.181 e. The second-order valence-corrected chi connectivity index (χ2v) is 7.47. The Balaban J connectivity index is 2.13. The van der Waals surface area contributed by atoms with Crippen molar-refractivity contribution in [3.63, 3.8) is 0 Å². The highest BCUT2D eigenvalue weighted by atomic mass is 127. The number of hydrogen-bond donors (Lipinski definition) is 0. The summed E-state index contributed by atoms with van der Waals surface area (Å²) in [4.78, 5) is 4.17. The Morgan fingerprint density at radius 1 is 1.28 bits per heavy atom. The molecular formula is C11H12IN3O2S. The topological polar surface area (TPSA) is 64.8 Å². The maximum absolute atomic E-state index is 11.1. The van der Waals surface area contributed by atoms with Crippen LogP contribution in [0.25, 0.3) is 11.4 Å². The SMILES string of the molecule is CS(=O)(=O)CCn1cnc(-c2ccc(I)cc2)n1. The minimum absolute atomic E-state index is 0.0719. The molecule has 0 N–H and O–H groups in total. The summed E-state index contributed by atoms with van der Waals surface area (Å²) in [6.45, 7) is 0.330. The van der Waals surface area contributed by atoms with Crippen molar-refractivity contribution >= 4 is 32.4 Å². The molecule has 7 heteroatoms. The summed E-state index contributed by atoms with van der Waals surface area (Å²) < 4.78 is 24.8. The first kappa shape index (κ1) is 13.5. The Morgan fingerprint density at radius 3 is 2.56 bits per heavy atom. The number of aromatic nitrogens is 3. The third-order valence-electron chi connectivity index (χ3n) is 2.33. The van der Waals surface area contributed by atoms with Gasteiger partial charge in [0.15, 0.2) is 5.82 Å². The number of sulfone groups is 1. The van der Waals surface area contributed by atoms with Crippen LogP contribution in [-0.4, -0.2) is 35.2 Å².